The number of aromatic nitrogens is 1. The summed E-state index contributed by atoms with van der Waals surface area (Å²) < 4.78 is 13.0. The number of furan rings is 1. The smallest absolute Gasteiger partial charge is 0.273 e. The van der Waals surface area contributed by atoms with E-state index in [0.717, 1.165) is 16.9 Å². The fourth-order valence-electron chi connectivity index (χ4n) is 3.88. The van der Waals surface area contributed by atoms with E-state index in [9.17, 15) is 14.9 Å². The van der Waals surface area contributed by atoms with Crippen molar-refractivity contribution >= 4 is 46.2 Å². The van der Waals surface area contributed by atoms with Crippen LogP contribution < -0.4 is 24.8 Å². The van der Waals surface area contributed by atoms with E-state index in [0.29, 0.717) is 38.2 Å². The van der Waals surface area contributed by atoms with Crippen LogP contribution >= 0.6 is 22.9 Å². The molecule has 0 aliphatic carbocycles. The second-order valence-electron chi connectivity index (χ2n) is 8.27. The van der Waals surface area contributed by atoms with Crippen LogP contribution in [0.5, 0.6) is 5.75 Å². The number of para-hydroxylation sites is 1. The standard InChI is InChI=1S/C30H20ClN3O4S/c1-37-23-12-10-21(11-13-23)33-28(35)25(18-32)30-34(22-8-3-2-4-9-22)29(36)27(39-30)17-24-14-15-26(38-24)19-6-5-7-20(31)16-19/h2-17H,1H3,(H,33,35). The first-order chi connectivity index (χ1) is 19.0. The Hall–Kier alpha value is -4.84. The number of nitrogens with zero attached hydrogens (tertiary/aromatic N) is 2. The molecule has 39 heavy (non-hydrogen) atoms. The van der Waals surface area contributed by atoms with Gasteiger partial charge in [0.2, 0.25) is 0 Å². The number of nitrogens with one attached hydrogen (secondary N) is 1. The second kappa shape index (κ2) is 11.3. The molecule has 5 aromatic rings. The molecule has 0 fully saturated rings. The molecular formula is C30H20ClN3O4S. The molecule has 5 rings (SSSR count). The molecule has 192 valence electrons. The minimum atomic E-state index is -0.638. The van der Waals surface area contributed by atoms with Crippen molar-refractivity contribution in [2.45, 2.75) is 0 Å². The van der Waals surface area contributed by atoms with Crippen LogP contribution in [0, 0.1) is 11.3 Å². The van der Waals surface area contributed by atoms with Gasteiger partial charge in [0.1, 0.15) is 28.0 Å². The predicted molar refractivity (Wildman–Crippen MR) is 153 cm³/mol. The number of rotatable bonds is 6. The molecule has 0 unspecified atom stereocenters. The SMILES string of the molecule is COc1ccc(NC(=O)C(C#N)=c2sc(=Cc3ccc(-c4cccc(Cl)c4)o3)c(=O)n2-c2ccccc2)cc1. The summed E-state index contributed by atoms with van der Waals surface area (Å²) in [6, 6.07) is 28.3. The van der Waals surface area contributed by atoms with Crippen molar-refractivity contribution in [3.8, 4) is 28.8 Å². The third-order valence-electron chi connectivity index (χ3n) is 5.75. The molecule has 2 heterocycles. The summed E-state index contributed by atoms with van der Waals surface area (Å²) in [5, 5.41) is 13.3. The summed E-state index contributed by atoms with van der Waals surface area (Å²) in [4.78, 5) is 26.8. The van der Waals surface area contributed by atoms with Crippen molar-refractivity contribution in [3.63, 3.8) is 0 Å². The number of methoxy groups -OCH3 is 1. The lowest BCUT2D eigenvalue weighted by atomic mass is 10.2. The number of ether oxygens (including phenoxy) is 1. The van der Waals surface area contributed by atoms with Gasteiger partial charge in [-0.1, -0.05) is 41.9 Å². The van der Waals surface area contributed by atoms with Crippen molar-refractivity contribution in [3.05, 3.63) is 121 Å². The monoisotopic (exact) mass is 553 g/mol. The number of hydrogen-bond donors (Lipinski definition) is 1. The number of thiazole rings is 1. The molecule has 0 saturated heterocycles. The topological polar surface area (TPSA) is 97.3 Å². The summed E-state index contributed by atoms with van der Waals surface area (Å²) in [5.74, 6) is 1.02. The van der Waals surface area contributed by atoms with Crippen molar-refractivity contribution < 1.29 is 13.9 Å². The Morgan fingerprint density at radius 3 is 2.51 bits per heavy atom. The van der Waals surface area contributed by atoms with Gasteiger partial charge in [0.15, 0.2) is 5.57 Å². The molecule has 0 aliphatic heterocycles. The molecule has 2 aromatic heterocycles. The van der Waals surface area contributed by atoms with Gasteiger partial charge < -0.3 is 14.5 Å². The molecule has 3 aromatic carbocycles. The van der Waals surface area contributed by atoms with Crippen LogP contribution in [0.25, 0.3) is 28.7 Å². The summed E-state index contributed by atoms with van der Waals surface area (Å²) in [6.07, 6.45) is 1.60. The lowest BCUT2D eigenvalue weighted by Crippen LogP contribution is -2.32. The lowest BCUT2D eigenvalue weighted by molar-refractivity contribution is -0.111. The van der Waals surface area contributed by atoms with Crippen LogP contribution in [0.4, 0.5) is 5.69 Å². The molecule has 1 amide bonds. The van der Waals surface area contributed by atoms with Crippen molar-refractivity contribution in [2.24, 2.45) is 0 Å². The quantitative estimate of drug-likeness (QED) is 0.320. The van der Waals surface area contributed by atoms with E-state index in [1.165, 1.54) is 4.57 Å². The van der Waals surface area contributed by atoms with E-state index in [-0.39, 0.29) is 15.8 Å². The fraction of sp³-hybridized carbons (Fsp3) is 0.0333. The van der Waals surface area contributed by atoms with Crippen molar-refractivity contribution in [2.75, 3.05) is 12.4 Å². The van der Waals surface area contributed by atoms with Crippen LogP contribution in [-0.4, -0.2) is 17.6 Å². The molecule has 0 radical (unpaired) electrons. The first-order valence-electron chi connectivity index (χ1n) is 11.7. The van der Waals surface area contributed by atoms with E-state index in [4.69, 9.17) is 20.8 Å². The Bertz CT molecular complexity index is 1880. The average Bonchev–Trinajstić information content (AvgIpc) is 3.55. The van der Waals surface area contributed by atoms with Gasteiger partial charge in [-0.2, -0.15) is 5.26 Å². The number of hydrogen-bond acceptors (Lipinski definition) is 6. The predicted octanol–water partition coefficient (Wildman–Crippen LogP) is 4.96. The Labute approximate surface area is 232 Å². The third-order valence-corrected chi connectivity index (χ3v) is 7.08. The van der Waals surface area contributed by atoms with Crippen molar-refractivity contribution in [1.82, 2.24) is 4.57 Å². The maximum absolute atomic E-state index is 13.6. The molecule has 0 saturated carbocycles. The third kappa shape index (κ3) is 5.55. The number of benzene rings is 3. The normalized spacial score (nSPS) is 12.1. The number of nitriles is 1. The van der Waals surface area contributed by atoms with Gasteiger partial charge >= 0.3 is 0 Å². The zero-order valence-electron chi connectivity index (χ0n) is 20.6. The highest BCUT2D eigenvalue weighted by atomic mass is 35.5. The second-order valence-corrected chi connectivity index (χ2v) is 9.74. The van der Waals surface area contributed by atoms with Gasteiger partial charge in [-0.3, -0.25) is 14.2 Å². The minimum Gasteiger partial charge on any atom is -0.497 e. The molecule has 7 nitrogen and oxygen atoms in total. The number of carbonyl (C=O) groups excluding carboxylic acids is 1. The van der Waals surface area contributed by atoms with E-state index in [1.807, 2.05) is 24.3 Å². The number of anilines is 1. The largest absolute Gasteiger partial charge is 0.497 e. The number of halogens is 1. The van der Waals surface area contributed by atoms with Gasteiger partial charge in [-0.15, -0.1) is 11.3 Å². The van der Waals surface area contributed by atoms with Crippen LogP contribution in [0.3, 0.4) is 0 Å². The first kappa shape index (κ1) is 25.8. The van der Waals surface area contributed by atoms with Gasteiger partial charge in [-0.25, -0.2) is 0 Å². The van der Waals surface area contributed by atoms with E-state index < -0.39 is 5.91 Å². The van der Waals surface area contributed by atoms with Crippen LogP contribution in [0.1, 0.15) is 5.76 Å². The van der Waals surface area contributed by atoms with E-state index >= 15 is 0 Å². The molecule has 1 N–H and O–H groups in total. The highest BCUT2D eigenvalue weighted by Crippen LogP contribution is 2.25. The molecular weight excluding hydrogens is 534 g/mol. The van der Waals surface area contributed by atoms with Crippen LogP contribution in [-0.2, 0) is 4.79 Å². The Morgan fingerprint density at radius 1 is 1.05 bits per heavy atom. The molecule has 0 atom stereocenters. The number of carbonyl (C=O) groups is 1. The Morgan fingerprint density at radius 2 is 1.82 bits per heavy atom. The summed E-state index contributed by atoms with van der Waals surface area (Å²) in [7, 11) is 1.55. The van der Waals surface area contributed by atoms with E-state index in [1.54, 1.807) is 86.0 Å². The first-order valence-corrected chi connectivity index (χ1v) is 12.9. The highest BCUT2D eigenvalue weighted by Gasteiger charge is 2.17. The Kier molecular flexibility index (Phi) is 7.46. The molecule has 0 spiro atoms. The molecule has 0 aliphatic rings. The fourth-order valence-corrected chi connectivity index (χ4v) is 5.15. The summed E-state index contributed by atoms with van der Waals surface area (Å²) in [5.41, 5.74) is 1.22. The van der Waals surface area contributed by atoms with Gasteiger partial charge in [0.05, 0.1) is 17.3 Å². The maximum atomic E-state index is 13.6. The number of amides is 1. The summed E-state index contributed by atoms with van der Waals surface area (Å²) in [6.45, 7) is 0. The van der Waals surface area contributed by atoms with E-state index in [2.05, 4.69) is 5.32 Å². The highest BCUT2D eigenvalue weighted by molar-refractivity contribution is 7.07. The average molecular weight is 554 g/mol. The lowest BCUT2D eigenvalue weighted by Gasteiger charge is -2.06. The summed E-state index contributed by atoms with van der Waals surface area (Å²) >= 11 is 7.14. The molecule has 9 heteroatoms. The zero-order chi connectivity index (χ0) is 27.4. The van der Waals surface area contributed by atoms with Gasteiger partial charge in [-0.05, 0) is 60.7 Å². The van der Waals surface area contributed by atoms with Crippen LogP contribution in [0.15, 0.2) is 100 Å². The van der Waals surface area contributed by atoms with Gasteiger partial charge in [0, 0.05) is 22.3 Å². The maximum Gasteiger partial charge on any atom is 0.273 e. The Balaban J connectivity index is 1.63. The van der Waals surface area contributed by atoms with Crippen molar-refractivity contribution in [1.29, 1.82) is 5.26 Å². The zero-order valence-corrected chi connectivity index (χ0v) is 22.1. The molecule has 0 bridgehead atoms. The van der Waals surface area contributed by atoms with Crippen LogP contribution in [0.2, 0.25) is 5.02 Å². The minimum absolute atomic E-state index is 0.199. The van der Waals surface area contributed by atoms with Gasteiger partial charge in [0.25, 0.3) is 11.5 Å².